The van der Waals surface area contributed by atoms with E-state index in [2.05, 4.69) is 12.2 Å². The number of benzene rings is 3. The molecule has 1 amide bonds. The molecule has 0 heterocycles. The fraction of sp³-hybridized carbons (Fsp3) is 0.120. The van der Waals surface area contributed by atoms with Gasteiger partial charge in [0, 0.05) is 21.3 Å². The minimum absolute atomic E-state index is 0.00235. The molecule has 31 heavy (non-hydrogen) atoms. The molecule has 3 rings (SSSR count). The first kappa shape index (κ1) is 22.4. The molecule has 0 fully saturated rings. The van der Waals surface area contributed by atoms with Crippen molar-refractivity contribution in [3.05, 3.63) is 99.0 Å². The predicted octanol–water partition coefficient (Wildman–Crippen LogP) is 6.68. The summed E-state index contributed by atoms with van der Waals surface area (Å²) in [6.45, 7) is 2.33. The molecule has 0 spiro atoms. The van der Waals surface area contributed by atoms with E-state index in [9.17, 15) is 10.1 Å². The Hall–Kier alpha value is -3.26. The molecule has 0 saturated carbocycles. The van der Waals surface area contributed by atoms with Crippen LogP contribution < -0.4 is 10.1 Å². The molecule has 3 aromatic rings. The zero-order valence-electron chi connectivity index (χ0n) is 16.9. The number of anilines is 1. The Bertz CT molecular complexity index is 1150. The lowest BCUT2D eigenvalue weighted by Gasteiger charge is -2.09. The lowest BCUT2D eigenvalue weighted by atomic mass is 10.1. The van der Waals surface area contributed by atoms with Crippen LogP contribution >= 0.6 is 23.2 Å². The van der Waals surface area contributed by atoms with Gasteiger partial charge in [-0.2, -0.15) is 5.26 Å². The largest absolute Gasteiger partial charge is 0.489 e. The van der Waals surface area contributed by atoms with Crippen LogP contribution in [0.15, 0.2) is 72.3 Å². The Morgan fingerprint density at radius 1 is 1.10 bits per heavy atom. The maximum atomic E-state index is 12.5. The third-order valence-corrected chi connectivity index (χ3v) is 5.15. The number of rotatable bonds is 7. The third-order valence-electron chi connectivity index (χ3n) is 4.56. The van der Waals surface area contributed by atoms with Gasteiger partial charge in [-0.05, 0) is 60.0 Å². The number of carbonyl (C=O) groups excluding carboxylic acids is 1. The van der Waals surface area contributed by atoms with Gasteiger partial charge < -0.3 is 10.1 Å². The molecule has 1 N–H and O–H groups in total. The third kappa shape index (κ3) is 6.36. The fourth-order valence-electron chi connectivity index (χ4n) is 2.83. The van der Waals surface area contributed by atoms with Crippen LogP contribution in [-0.2, 0) is 17.8 Å². The van der Waals surface area contributed by atoms with E-state index < -0.39 is 5.91 Å². The molecular weight excluding hydrogens is 431 g/mol. The molecular formula is C25H20Cl2N2O2. The molecule has 0 atom stereocenters. The molecule has 4 nitrogen and oxygen atoms in total. The first-order chi connectivity index (χ1) is 15.0. The van der Waals surface area contributed by atoms with Crippen LogP contribution in [0, 0.1) is 11.3 Å². The maximum absolute atomic E-state index is 12.5. The summed E-state index contributed by atoms with van der Waals surface area (Å²) in [6.07, 6.45) is 2.44. The number of nitriles is 1. The van der Waals surface area contributed by atoms with Crippen LogP contribution in [0.1, 0.15) is 23.6 Å². The number of hydrogen-bond acceptors (Lipinski definition) is 3. The van der Waals surface area contributed by atoms with Crippen molar-refractivity contribution >= 4 is 40.9 Å². The molecule has 0 unspecified atom stereocenters. The second-order valence-electron chi connectivity index (χ2n) is 6.77. The quantitative estimate of drug-likeness (QED) is 0.322. The van der Waals surface area contributed by atoms with Gasteiger partial charge >= 0.3 is 0 Å². The van der Waals surface area contributed by atoms with Gasteiger partial charge in [-0.15, -0.1) is 0 Å². The van der Waals surface area contributed by atoms with Crippen molar-refractivity contribution in [2.75, 3.05) is 5.32 Å². The standard InChI is InChI=1S/C25H20Cl2N2O2/c1-2-17-6-10-22(11-7-17)29-25(30)20(15-28)12-18-4-3-5-23(13-18)31-16-19-8-9-21(26)14-24(19)27/h3-14H,2,16H2,1H3,(H,29,30)/b20-12-. The number of ether oxygens (including phenoxy) is 1. The van der Waals surface area contributed by atoms with Gasteiger partial charge in [0.25, 0.3) is 5.91 Å². The summed E-state index contributed by atoms with van der Waals surface area (Å²) < 4.78 is 5.81. The van der Waals surface area contributed by atoms with Crippen LogP contribution in [0.2, 0.25) is 10.0 Å². The van der Waals surface area contributed by atoms with Crippen molar-refractivity contribution in [1.29, 1.82) is 5.26 Å². The van der Waals surface area contributed by atoms with Crippen LogP contribution in [0.3, 0.4) is 0 Å². The van der Waals surface area contributed by atoms with Gasteiger partial charge in [0.05, 0.1) is 0 Å². The smallest absolute Gasteiger partial charge is 0.266 e. The van der Waals surface area contributed by atoms with E-state index in [4.69, 9.17) is 27.9 Å². The molecule has 0 aliphatic rings. The number of carbonyl (C=O) groups is 1. The summed E-state index contributed by atoms with van der Waals surface area (Å²) in [5, 5.41) is 13.3. The molecule has 0 aliphatic carbocycles. The monoisotopic (exact) mass is 450 g/mol. The van der Waals surface area contributed by atoms with Gasteiger partial charge in [0.2, 0.25) is 0 Å². The summed E-state index contributed by atoms with van der Waals surface area (Å²) in [4.78, 5) is 12.5. The molecule has 0 aliphatic heterocycles. The first-order valence-electron chi connectivity index (χ1n) is 9.67. The number of nitrogens with one attached hydrogen (secondary N) is 1. The van der Waals surface area contributed by atoms with E-state index in [1.807, 2.05) is 30.3 Å². The summed E-state index contributed by atoms with van der Waals surface area (Å²) in [6, 6.07) is 21.8. The minimum atomic E-state index is -0.467. The van der Waals surface area contributed by atoms with Crippen molar-refractivity contribution < 1.29 is 9.53 Å². The van der Waals surface area contributed by atoms with Gasteiger partial charge in [0.15, 0.2) is 0 Å². The number of halogens is 2. The summed E-state index contributed by atoms with van der Waals surface area (Å²) in [7, 11) is 0. The van der Waals surface area contributed by atoms with E-state index in [0.29, 0.717) is 27.0 Å². The van der Waals surface area contributed by atoms with Crippen LogP contribution in [0.4, 0.5) is 5.69 Å². The SMILES string of the molecule is CCc1ccc(NC(=O)/C(C#N)=C\c2cccc(OCc3ccc(Cl)cc3Cl)c2)cc1. The second-order valence-corrected chi connectivity index (χ2v) is 7.61. The van der Waals surface area contributed by atoms with E-state index in [1.54, 1.807) is 42.5 Å². The van der Waals surface area contributed by atoms with Crippen molar-refractivity contribution in [3.63, 3.8) is 0 Å². The molecule has 0 bridgehead atoms. The molecule has 156 valence electrons. The maximum Gasteiger partial charge on any atom is 0.266 e. The zero-order valence-corrected chi connectivity index (χ0v) is 18.4. The minimum Gasteiger partial charge on any atom is -0.489 e. The van der Waals surface area contributed by atoms with E-state index in [0.717, 1.165) is 12.0 Å². The Kier molecular flexibility index (Phi) is 7.72. The van der Waals surface area contributed by atoms with Crippen molar-refractivity contribution in [3.8, 4) is 11.8 Å². The second kappa shape index (κ2) is 10.7. The Labute approximate surface area is 191 Å². The van der Waals surface area contributed by atoms with Gasteiger partial charge in [-0.25, -0.2) is 0 Å². The Morgan fingerprint density at radius 3 is 2.55 bits per heavy atom. The normalized spacial score (nSPS) is 11.0. The highest BCUT2D eigenvalue weighted by Crippen LogP contribution is 2.23. The Morgan fingerprint density at radius 2 is 1.87 bits per heavy atom. The molecule has 6 heteroatoms. The summed E-state index contributed by atoms with van der Waals surface area (Å²) in [5.41, 5.74) is 3.29. The molecule has 0 saturated heterocycles. The predicted molar refractivity (Wildman–Crippen MR) is 125 cm³/mol. The van der Waals surface area contributed by atoms with Crippen molar-refractivity contribution in [1.82, 2.24) is 0 Å². The lowest BCUT2D eigenvalue weighted by Crippen LogP contribution is -2.13. The highest BCUT2D eigenvalue weighted by molar-refractivity contribution is 6.35. The number of hydrogen-bond donors (Lipinski definition) is 1. The van der Waals surface area contributed by atoms with Gasteiger partial charge in [0.1, 0.15) is 24.0 Å². The van der Waals surface area contributed by atoms with E-state index >= 15 is 0 Å². The van der Waals surface area contributed by atoms with Crippen LogP contribution in [0.25, 0.3) is 6.08 Å². The highest BCUT2D eigenvalue weighted by Gasteiger charge is 2.10. The molecule has 0 radical (unpaired) electrons. The fourth-order valence-corrected chi connectivity index (χ4v) is 3.29. The van der Waals surface area contributed by atoms with E-state index in [-0.39, 0.29) is 12.2 Å². The average molecular weight is 451 g/mol. The van der Waals surface area contributed by atoms with Crippen molar-refractivity contribution in [2.45, 2.75) is 20.0 Å². The summed E-state index contributed by atoms with van der Waals surface area (Å²) >= 11 is 12.1. The molecule has 3 aromatic carbocycles. The average Bonchev–Trinajstić information content (AvgIpc) is 2.77. The van der Waals surface area contributed by atoms with Crippen LogP contribution in [-0.4, -0.2) is 5.91 Å². The molecule has 0 aromatic heterocycles. The van der Waals surface area contributed by atoms with E-state index in [1.165, 1.54) is 11.6 Å². The first-order valence-corrected chi connectivity index (χ1v) is 10.4. The van der Waals surface area contributed by atoms with Gasteiger partial charge in [-0.1, -0.05) is 60.5 Å². The highest BCUT2D eigenvalue weighted by atomic mass is 35.5. The number of aryl methyl sites for hydroxylation is 1. The van der Waals surface area contributed by atoms with Gasteiger partial charge in [-0.3, -0.25) is 4.79 Å². The Balaban J connectivity index is 1.70. The zero-order chi connectivity index (χ0) is 22.2. The number of amides is 1. The van der Waals surface area contributed by atoms with Crippen LogP contribution in [0.5, 0.6) is 5.75 Å². The number of nitrogens with zero attached hydrogens (tertiary/aromatic N) is 1. The topological polar surface area (TPSA) is 62.1 Å². The summed E-state index contributed by atoms with van der Waals surface area (Å²) in [5.74, 6) is 0.124. The van der Waals surface area contributed by atoms with Crippen molar-refractivity contribution in [2.24, 2.45) is 0 Å². The lowest BCUT2D eigenvalue weighted by molar-refractivity contribution is -0.112.